The van der Waals surface area contributed by atoms with E-state index in [-0.39, 0.29) is 30.5 Å². The summed E-state index contributed by atoms with van der Waals surface area (Å²) in [6.07, 6.45) is 5.15. The maximum atomic E-state index is 14.6. The zero-order valence-corrected chi connectivity index (χ0v) is 21.3. The number of likely N-dealkylation sites (tertiary alicyclic amines) is 1. The van der Waals surface area contributed by atoms with Gasteiger partial charge in [-0.2, -0.15) is 0 Å². The summed E-state index contributed by atoms with van der Waals surface area (Å²) in [5.74, 6) is -1.49. The minimum Gasteiger partial charge on any atom is -0.343 e. The van der Waals surface area contributed by atoms with E-state index in [4.69, 9.17) is 0 Å². The summed E-state index contributed by atoms with van der Waals surface area (Å²) in [4.78, 5) is 30.8. The second-order valence-corrected chi connectivity index (χ2v) is 10.8. The molecule has 0 radical (unpaired) electrons. The van der Waals surface area contributed by atoms with Gasteiger partial charge < -0.3 is 10.2 Å². The number of carbonyl (C=O) groups excluding carboxylic acids is 2. The quantitative estimate of drug-likeness (QED) is 0.617. The van der Waals surface area contributed by atoms with Gasteiger partial charge in [-0.25, -0.2) is 8.78 Å². The van der Waals surface area contributed by atoms with Gasteiger partial charge in [0.25, 0.3) is 0 Å². The van der Waals surface area contributed by atoms with E-state index in [0.29, 0.717) is 5.57 Å². The third kappa shape index (κ3) is 6.01. The molecule has 2 aromatic rings. The molecule has 2 heterocycles. The number of piperidine rings is 1. The van der Waals surface area contributed by atoms with Gasteiger partial charge in [0.1, 0.15) is 17.7 Å². The van der Waals surface area contributed by atoms with Gasteiger partial charge in [0.2, 0.25) is 11.8 Å². The van der Waals surface area contributed by atoms with Crippen LogP contribution in [-0.4, -0.2) is 53.8 Å². The molecule has 5 nitrogen and oxygen atoms in total. The van der Waals surface area contributed by atoms with E-state index in [1.54, 1.807) is 4.90 Å². The van der Waals surface area contributed by atoms with Crippen molar-refractivity contribution in [3.8, 4) is 0 Å². The van der Waals surface area contributed by atoms with E-state index in [9.17, 15) is 18.4 Å². The number of rotatable bonds is 6. The van der Waals surface area contributed by atoms with E-state index >= 15 is 0 Å². The van der Waals surface area contributed by atoms with Gasteiger partial charge in [-0.05, 0) is 60.7 Å². The molecule has 7 heteroatoms. The molecule has 0 aromatic heterocycles. The maximum Gasteiger partial charge on any atom is 0.246 e. The lowest BCUT2D eigenvalue weighted by molar-refractivity contribution is -0.140. The monoisotopic (exact) mass is 495 g/mol. The van der Waals surface area contributed by atoms with Crippen molar-refractivity contribution in [1.29, 1.82) is 0 Å². The van der Waals surface area contributed by atoms with E-state index in [2.05, 4.69) is 10.2 Å². The first-order valence-corrected chi connectivity index (χ1v) is 12.7. The number of nitrogens with zero attached hydrogens (tertiary/aromatic N) is 2. The summed E-state index contributed by atoms with van der Waals surface area (Å²) in [5, 5.41) is 3.00. The Morgan fingerprint density at radius 2 is 1.72 bits per heavy atom. The Morgan fingerprint density at radius 1 is 1.03 bits per heavy atom. The molecule has 192 valence electrons. The van der Waals surface area contributed by atoms with Gasteiger partial charge in [0.05, 0.1) is 12.6 Å². The van der Waals surface area contributed by atoms with Gasteiger partial charge in [0.15, 0.2) is 0 Å². The predicted molar refractivity (Wildman–Crippen MR) is 137 cm³/mol. The third-order valence-corrected chi connectivity index (χ3v) is 6.97. The molecule has 2 aliphatic rings. The molecule has 2 amide bonds. The minimum absolute atomic E-state index is 0.118. The average Bonchev–Trinajstić information content (AvgIpc) is 3.29. The summed E-state index contributed by atoms with van der Waals surface area (Å²) in [7, 11) is 0. The fourth-order valence-electron chi connectivity index (χ4n) is 5.02. The molecule has 1 N–H and O–H groups in total. The standard InChI is InChI=1S/C29H35F2N3O2/c1-29(2,3)27(32-26(35)19-33-14-8-5-9-15-33)28(36)34-18-21(23-17-22(30)12-13-24(23)31)16-25(34)20-10-6-4-7-11-20/h4,6-7,10-13,16-17,25,27H,5,8-9,14-15,18-19H2,1-3H3,(H,32,35)/t25-,27+/m0/s1. The summed E-state index contributed by atoms with van der Waals surface area (Å²) in [6, 6.07) is 11.6. The van der Waals surface area contributed by atoms with Crippen LogP contribution in [0.1, 0.15) is 57.2 Å². The van der Waals surface area contributed by atoms with Crippen LogP contribution in [0.2, 0.25) is 0 Å². The molecular formula is C29H35F2N3O2. The minimum atomic E-state index is -0.772. The van der Waals surface area contributed by atoms with E-state index in [1.165, 1.54) is 12.5 Å². The second-order valence-electron chi connectivity index (χ2n) is 10.8. The number of hydrogen-bond acceptors (Lipinski definition) is 3. The van der Waals surface area contributed by atoms with Crippen molar-refractivity contribution < 1.29 is 18.4 Å². The summed E-state index contributed by atoms with van der Waals surface area (Å²) in [5.41, 5.74) is 1.00. The van der Waals surface area contributed by atoms with Crippen LogP contribution in [0.25, 0.3) is 5.57 Å². The van der Waals surface area contributed by atoms with Crippen LogP contribution in [0.4, 0.5) is 8.78 Å². The maximum absolute atomic E-state index is 14.6. The Morgan fingerprint density at radius 3 is 2.39 bits per heavy atom. The number of halogens is 2. The second kappa shape index (κ2) is 10.9. The van der Waals surface area contributed by atoms with Crippen molar-refractivity contribution in [2.45, 2.75) is 52.1 Å². The van der Waals surface area contributed by atoms with Crippen LogP contribution >= 0.6 is 0 Å². The molecule has 36 heavy (non-hydrogen) atoms. The smallest absolute Gasteiger partial charge is 0.246 e. The van der Waals surface area contributed by atoms with Crippen LogP contribution in [0.3, 0.4) is 0 Å². The zero-order valence-electron chi connectivity index (χ0n) is 21.3. The lowest BCUT2D eigenvalue weighted by atomic mass is 9.85. The van der Waals surface area contributed by atoms with Gasteiger partial charge >= 0.3 is 0 Å². The highest BCUT2D eigenvalue weighted by atomic mass is 19.1. The van der Waals surface area contributed by atoms with Crippen LogP contribution in [0, 0.1) is 17.0 Å². The highest BCUT2D eigenvalue weighted by Gasteiger charge is 2.40. The Labute approximate surface area is 212 Å². The highest BCUT2D eigenvalue weighted by Crippen LogP contribution is 2.37. The molecule has 1 saturated heterocycles. The van der Waals surface area contributed by atoms with Crippen molar-refractivity contribution in [3.63, 3.8) is 0 Å². The van der Waals surface area contributed by atoms with Crippen LogP contribution in [0.5, 0.6) is 0 Å². The SMILES string of the molecule is CC(C)(C)[C@H](NC(=O)CN1CCCCC1)C(=O)N1CC(c2cc(F)ccc2F)=C[C@H]1c1ccccc1. The van der Waals surface area contributed by atoms with Crippen LogP contribution < -0.4 is 5.32 Å². The van der Waals surface area contributed by atoms with E-state index < -0.39 is 29.1 Å². The van der Waals surface area contributed by atoms with Crippen molar-refractivity contribution in [3.05, 3.63) is 77.4 Å². The Bertz CT molecular complexity index is 1120. The van der Waals surface area contributed by atoms with E-state index in [1.807, 2.05) is 57.2 Å². The topological polar surface area (TPSA) is 52.7 Å². The normalized spacial score (nSPS) is 19.6. The van der Waals surface area contributed by atoms with Crippen LogP contribution in [-0.2, 0) is 9.59 Å². The molecule has 0 saturated carbocycles. The largest absolute Gasteiger partial charge is 0.343 e. The highest BCUT2D eigenvalue weighted by molar-refractivity contribution is 5.91. The first-order valence-electron chi connectivity index (χ1n) is 12.7. The molecule has 4 rings (SSSR count). The van der Waals surface area contributed by atoms with Crippen molar-refractivity contribution in [2.75, 3.05) is 26.2 Å². The van der Waals surface area contributed by atoms with Crippen LogP contribution in [0.15, 0.2) is 54.6 Å². The number of benzene rings is 2. The van der Waals surface area contributed by atoms with Gasteiger partial charge in [0, 0.05) is 12.1 Å². The lowest BCUT2D eigenvalue weighted by Gasteiger charge is -2.36. The Kier molecular flexibility index (Phi) is 7.88. The molecule has 0 bridgehead atoms. The Hall–Kier alpha value is -3.06. The number of hydrogen-bond donors (Lipinski definition) is 1. The van der Waals surface area contributed by atoms with Gasteiger partial charge in [-0.15, -0.1) is 0 Å². The molecular weight excluding hydrogens is 460 g/mol. The molecule has 0 spiro atoms. The molecule has 1 fully saturated rings. The summed E-state index contributed by atoms with van der Waals surface area (Å²) >= 11 is 0. The average molecular weight is 496 g/mol. The molecule has 0 aliphatic carbocycles. The predicted octanol–water partition coefficient (Wildman–Crippen LogP) is 4.95. The lowest BCUT2D eigenvalue weighted by Crippen LogP contribution is -2.56. The number of amides is 2. The van der Waals surface area contributed by atoms with Crippen molar-refractivity contribution in [1.82, 2.24) is 15.1 Å². The fraction of sp³-hybridized carbons (Fsp3) is 0.448. The van der Waals surface area contributed by atoms with Gasteiger partial charge in [-0.3, -0.25) is 14.5 Å². The Balaban J connectivity index is 1.61. The summed E-state index contributed by atoms with van der Waals surface area (Å²) < 4.78 is 28.6. The molecule has 2 aliphatic heterocycles. The van der Waals surface area contributed by atoms with Gasteiger partial charge in [-0.1, -0.05) is 63.6 Å². The third-order valence-electron chi connectivity index (χ3n) is 6.97. The first-order chi connectivity index (χ1) is 17.1. The van der Waals surface area contributed by atoms with E-state index in [0.717, 1.165) is 43.6 Å². The fourth-order valence-corrected chi connectivity index (χ4v) is 5.02. The summed E-state index contributed by atoms with van der Waals surface area (Å²) in [6.45, 7) is 7.92. The molecule has 2 aromatic carbocycles. The molecule has 0 unspecified atom stereocenters. The number of carbonyl (C=O) groups is 2. The number of nitrogens with one attached hydrogen (secondary N) is 1. The van der Waals surface area contributed by atoms with Crippen molar-refractivity contribution >= 4 is 17.4 Å². The van der Waals surface area contributed by atoms with Crippen molar-refractivity contribution in [2.24, 2.45) is 5.41 Å². The zero-order chi connectivity index (χ0) is 25.9. The molecule has 2 atom stereocenters. The first kappa shape index (κ1) is 26.0.